The van der Waals surface area contributed by atoms with Gasteiger partial charge in [0.05, 0.1) is 0 Å². The second kappa shape index (κ2) is 6.57. The highest BCUT2D eigenvalue weighted by molar-refractivity contribution is 5.21. The van der Waals surface area contributed by atoms with Crippen molar-refractivity contribution in [2.24, 2.45) is 0 Å². The summed E-state index contributed by atoms with van der Waals surface area (Å²) >= 11 is 0. The fourth-order valence-electron chi connectivity index (χ4n) is 2.02. The molecule has 0 amide bonds. The van der Waals surface area contributed by atoms with Crippen molar-refractivity contribution in [1.29, 1.82) is 0 Å². The van der Waals surface area contributed by atoms with Gasteiger partial charge in [0.25, 0.3) is 0 Å². The summed E-state index contributed by atoms with van der Waals surface area (Å²) in [5.41, 5.74) is 1.30. The van der Waals surface area contributed by atoms with Crippen molar-refractivity contribution >= 4 is 0 Å². The van der Waals surface area contributed by atoms with Crippen molar-refractivity contribution in [3.8, 4) is 0 Å². The molecule has 0 heterocycles. The zero-order valence-corrected chi connectivity index (χ0v) is 11.2. The van der Waals surface area contributed by atoms with E-state index >= 15 is 0 Å². The Morgan fingerprint density at radius 2 is 1.70 bits per heavy atom. The molecule has 2 rings (SSSR count). The van der Waals surface area contributed by atoms with E-state index in [4.69, 9.17) is 0 Å². The molecule has 0 saturated heterocycles. The Morgan fingerprint density at radius 1 is 0.950 bits per heavy atom. The van der Waals surface area contributed by atoms with E-state index in [9.17, 15) is 13.2 Å². The summed E-state index contributed by atoms with van der Waals surface area (Å²) in [7, 11) is 0. The lowest BCUT2D eigenvalue weighted by atomic mass is 10.1. The smallest absolute Gasteiger partial charge is 0.159 e. The first-order valence-corrected chi connectivity index (χ1v) is 6.49. The molecule has 0 aliphatic rings. The van der Waals surface area contributed by atoms with Crippen molar-refractivity contribution < 1.29 is 13.2 Å². The predicted octanol–water partition coefficient (Wildman–Crippen LogP) is 4.00. The molecular weight excluding hydrogens is 263 g/mol. The summed E-state index contributed by atoms with van der Waals surface area (Å²) in [4.78, 5) is 0. The van der Waals surface area contributed by atoms with Crippen LogP contribution in [0, 0.1) is 17.5 Å². The van der Waals surface area contributed by atoms with Crippen LogP contribution in [0.3, 0.4) is 0 Å². The van der Waals surface area contributed by atoms with Crippen LogP contribution in [0.15, 0.2) is 42.5 Å². The molecule has 0 spiro atoms. The van der Waals surface area contributed by atoms with E-state index in [-0.39, 0.29) is 11.9 Å². The van der Waals surface area contributed by atoms with Crippen LogP contribution < -0.4 is 5.32 Å². The molecule has 106 valence electrons. The van der Waals surface area contributed by atoms with Crippen LogP contribution in [0.25, 0.3) is 0 Å². The van der Waals surface area contributed by atoms with E-state index < -0.39 is 11.6 Å². The van der Waals surface area contributed by atoms with E-state index in [2.05, 4.69) is 5.32 Å². The highest BCUT2D eigenvalue weighted by Crippen LogP contribution is 2.16. The summed E-state index contributed by atoms with van der Waals surface area (Å²) in [6.45, 7) is 2.41. The van der Waals surface area contributed by atoms with Crippen LogP contribution >= 0.6 is 0 Å². The van der Waals surface area contributed by atoms with Gasteiger partial charge in [0, 0.05) is 6.04 Å². The Bertz CT molecular complexity index is 584. The predicted molar refractivity (Wildman–Crippen MR) is 72.9 cm³/mol. The number of nitrogens with one attached hydrogen (secondary N) is 1. The first-order valence-electron chi connectivity index (χ1n) is 6.49. The van der Waals surface area contributed by atoms with Gasteiger partial charge in [-0.15, -0.1) is 0 Å². The standard InChI is InChI=1S/C16H16F3N/c1-11(13-6-7-15(18)16(19)10-13)20-9-8-12-4-2-3-5-14(12)17/h2-7,10-11,20H,8-9H2,1H3. The number of halogens is 3. The minimum Gasteiger partial charge on any atom is -0.310 e. The molecule has 0 saturated carbocycles. The van der Waals surface area contributed by atoms with Crippen LogP contribution in [0.4, 0.5) is 13.2 Å². The van der Waals surface area contributed by atoms with Gasteiger partial charge in [-0.2, -0.15) is 0 Å². The van der Waals surface area contributed by atoms with E-state index in [0.29, 0.717) is 24.1 Å². The molecule has 2 aromatic rings. The Kier molecular flexibility index (Phi) is 4.79. The van der Waals surface area contributed by atoms with Gasteiger partial charge in [0.1, 0.15) is 5.82 Å². The van der Waals surface area contributed by atoms with Gasteiger partial charge >= 0.3 is 0 Å². The molecule has 1 atom stereocenters. The largest absolute Gasteiger partial charge is 0.310 e. The monoisotopic (exact) mass is 279 g/mol. The number of benzene rings is 2. The van der Waals surface area contributed by atoms with Gasteiger partial charge in [-0.05, 0) is 49.2 Å². The fraction of sp³-hybridized carbons (Fsp3) is 0.250. The molecule has 20 heavy (non-hydrogen) atoms. The molecule has 0 radical (unpaired) electrons. The Morgan fingerprint density at radius 3 is 2.40 bits per heavy atom. The topological polar surface area (TPSA) is 12.0 Å². The third-order valence-electron chi connectivity index (χ3n) is 3.25. The lowest BCUT2D eigenvalue weighted by Crippen LogP contribution is -2.21. The minimum absolute atomic E-state index is 0.128. The number of hydrogen-bond acceptors (Lipinski definition) is 1. The van der Waals surface area contributed by atoms with Crippen molar-refractivity contribution in [2.75, 3.05) is 6.54 Å². The van der Waals surface area contributed by atoms with Gasteiger partial charge in [0.15, 0.2) is 11.6 Å². The maximum absolute atomic E-state index is 13.4. The first-order chi connectivity index (χ1) is 9.58. The molecule has 0 aliphatic carbocycles. The van der Waals surface area contributed by atoms with Crippen molar-refractivity contribution in [1.82, 2.24) is 5.32 Å². The molecule has 0 bridgehead atoms. The summed E-state index contributed by atoms with van der Waals surface area (Å²) in [6, 6.07) is 10.3. The fourth-order valence-corrected chi connectivity index (χ4v) is 2.02. The van der Waals surface area contributed by atoms with Crippen molar-refractivity contribution in [3.05, 3.63) is 71.0 Å². The van der Waals surface area contributed by atoms with Crippen LogP contribution in [-0.2, 0) is 6.42 Å². The van der Waals surface area contributed by atoms with Gasteiger partial charge in [-0.1, -0.05) is 24.3 Å². The quantitative estimate of drug-likeness (QED) is 0.872. The second-order valence-electron chi connectivity index (χ2n) is 4.69. The zero-order chi connectivity index (χ0) is 14.5. The summed E-state index contributed by atoms with van der Waals surface area (Å²) in [5, 5.41) is 3.17. The normalized spacial score (nSPS) is 12.4. The molecule has 4 heteroatoms. The molecule has 0 fully saturated rings. The van der Waals surface area contributed by atoms with Crippen molar-refractivity contribution in [2.45, 2.75) is 19.4 Å². The lowest BCUT2D eigenvalue weighted by Gasteiger charge is -2.14. The third-order valence-corrected chi connectivity index (χ3v) is 3.25. The van der Waals surface area contributed by atoms with E-state index in [1.54, 1.807) is 24.3 Å². The summed E-state index contributed by atoms with van der Waals surface area (Å²) in [5.74, 6) is -1.94. The maximum Gasteiger partial charge on any atom is 0.159 e. The van der Waals surface area contributed by atoms with E-state index in [1.165, 1.54) is 12.1 Å². The average molecular weight is 279 g/mol. The van der Waals surface area contributed by atoms with Crippen LogP contribution in [-0.4, -0.2) is 6.54 Å². The molecule has 1 unspecified atom stereocenters. The molecule has 1 nitrogen and oxygen atoms in total. The second-order valence-corrected chi connectivity index (χ2v) is 4.69. The third kappa shape index (κ3) is 3.61. The highest BCUT2D eigenvalue weighted by Gasteiger charge is 2.09. The van der Waals surface area contributed by atoms with E-state index in [0.717, 1.165) is 6.07 Å². The Labute approximate surface area is 116 Å². The Balaban J connectivity index is 1.90. The summed E-state index contributed by atoms with van der Waals surface area (Å²) in [6.07, 6.45) is 0.542. The SMILES string of the molecule is CC(NCCc1ccccc1F)c1ccc(F)c(F)c1. The highest BCUT2D eigenvalue weighted by atomic mass is 19.2. The maximum atomic E-state index is 13.4. The van der Waals surface area contributed by atoms with Gasteiger partial charge in [-0.25, -0.2) is 13.2 Å². The zero-order valence-electron chi connectivity index (χ0n) is 11.2. The van der Waals surface area contributed by atoms with Gasteiger partial charge in [-0.3, -0.25) is 0 Å². The van der Waals surface area contributed by atoms with E-state index in [1.807, 2.05) is 6.92 Å². The molecule has 1 N–H and O–H groups in total. The minimum atomic E-state index is -0.856. The van der Waals surface area contributed by atoms with Crippen LogP contribution in [0.5, 0.6) is 0 Å². The lowest BCUT2D eigenvalue weighted by molar-refractivity contribution is 0.500. The van der Waals surface area contributed by atoms with Gasteiger partial charge in [0.2, 0.25) is 0 Å². The molecular formula is C16H16F3N. The van der Waals surface area contributed by atoms with Crippen LogP contribution in [0.2, 0.25) is 0 Å². The summed E-state index contributed by atoms with van der Waals surface area (Å²) < 4.78 is 39.4. The molecule has 0 aromatic heterocycles. The first kappa shape index (κ1) is 14.6. The van der Waals surface area contributed by atoms with Crippen molar-refractivity contribution in [3.63, 3.8) is 0 Å². The Hall–Kier alpha value is -1.81. The average Bonchev–Trinajstić information content (AvgIpc) is 2.44. The van der Waals surface area contributed by atoms with Crippen LogP contribution in [0.1, 0.15) is 24.1 Å². The number of rotatable bonds is 5. The van der Waals surface area contributed by atoms with Gasteiger partial charge < -0.3 is 5.32 Å². The molecule has 0 aliphatic heterocycles. The number of hydrogen-bond donors (Lipinski definition) is 1. The molecule has 2 aromatic carbocycles.